The smallest absolute Gasteiger partial charge is 0.325 e. The van der Waals surface area contributed by atoms with E-state index in [-0.39, 0.29) is 18.1 Å². The predicted molar refractivity (Wildman–Crippen MR) is 96.5 cm³/mol. The molecule has 0 unspecified atom stereocenters. The zero-order valence-electron chi connectivity index (χ0n) is 15.0. The number of carbonyl (C=O) groups is 3. The van der Waals surface area contributed by atoms with Crippen LogP contribution >= 0.6 is 0 Å². The maximum Gasteiger partial charge on any atom is 0.325 e. The molecule has 4 amide bonds. The molecule has 0 saturated carbocycles. The van der Waals surface area contributed by atoms with Gasteiger partial charge in [-0.1, -0.05) is 24.3 Å². The Morgan fingerprint density at radius 1 is 1.33 bits per heavy atom. The van der Waals surface area contributed by atoms with Gasteiger partial charge in [0.15, 0.2) is 9.84 Å². The Hall–Kier alpha value is -2.42. The molecule has 2 saturated heterocycles. The molecule has 1 aliphatic carbocycles. The molecule has 0 bridgehead atoms. The third-order valence-corrected chi connectivity index (χ3v) is 7.62. The lowest BCUT2D eigenvalue weighted by molar-refractivity contribution is -0.139. The van der Waals surface area contributed by atoms with Crippen LogP contribution in [-0.4, -0.2) is 67.2 Å². The van der Waals surface area contributed by atoms with Crippen LogP contribution in [0.1, 0.15) is 24.0 Å². The van der Waals surface area contributed by atoms with E-state index in [1.165, 1.54) is 11.9 Å². The molecular formula is C18H21N3O5S. The Labute approximate surface area is 157 Å². The highest BCUT2D eigenvalue weighted by molar-refractivity contribution is 7.91. The third kappa shape index (κ3) is 2.80. The minimum Gasteiger partial charge on any atom is -0.340 e. The highest BCUT2D eigenvalue weighted by Gasteiger charge is 2.55. The van der Waals surface area contributed by atoms with Gasteiger partial charge in [0, 0.05) is 13.1 Å². The van der Waals surface area contributed by atoms with E-state index in [2.05, 4.69) is 5.32 Å². The number of hydrogen-bond acceptors (Lipinski definition) is 5. The standard InChI is InChI=1S/C18H21N3O5S/c1-20(13-7-9-27(25,26)11-13)15(22)10-21-16(23)18(19-17(21)24)8-6-12-4-2-3-5-14(12)18/h2-5,13H,6-11H2,1H3,(H,19,24)/t13-,18-/m0/s1. The largest absolute Gasteiger partial charge is 0.340 e. The number of amides is 4. The minimum absolute atomic E-state index is 0.0539. The van der Waals surface area contributed by atoms with E-state index in [4.69, 9.17) is 0 Å². The molecule has 8 nitrogen and oxygen atoms in total. The number of nitrogens with zero attached hydrogens (tertiary/aromatic N) is 2. The van der Waals surface area contributed by atoms with Crippen LogP contribution in [0.25, 0.3) is 0 Å². The van der Waals surface area contributed by atoms with Crippen molar-refractivity contribution >= 4 is 27.7 Å². The average molecular weight is 391 g/mol. The third-order valence-electron chi connectivity index (χ3n) is 5.87. The van der Waals surface area contributed by atoms with E-state index >= 15 is 0 Å². The number of urea groups is 1. The SMILES string of the molecule is CN(C(=O)CN1C(=O)N[C@]2(CCc3ccccc32)C1=O)[C@H]1CCS(=O)(=O)C1. The van der Waals surface area contributed by atoms with Crippen LogP contribution in [-0.2, 0) is 31.4 Å². The Kier molecular flexibility index (Phi) is 4.03. The molecule has 2 heterocycles. The van der Waals surface area contributed by atoms with Gasteiger partial charge in [-0.05, 0) is 30.4 Å². The van der Waals surface area contributed by atoms with Crippen molar-refractivity contribution in [2.45, 2.75) is 30.8 Å². The summed E-state index contributed by atoms with van der Waals surface area (Å²) in [5.41, 5.74) is 0.713. The van der Waals surface area contributed by atoms with Gasteiger partial charge in [0.25, 0.3) is 5.91 Å². The van der Waals surface area contributed by atoms with Gasteiger partial charge in [-0.15, -0.1) is 0 Å². The maximum absolute atomic E-state index is 13.1. The summed E-state index contributed by atoms with van der Waals surface area (Å²) in [5.74, 6) is -0.882. The lowest BCUT2D eigenvalue weighted by atomic mass is 9.92. The van der Waals surface area contributed by atoms with Gasteiger partial charge in [0.05, 0.1) is 11.5 Å². The second kappa shape index (κ2) is 6.05. The summed E-state index contributed by atoms with van der Waals surface area (Å²) >= 11 is 0. The van der Waals surface area contributed by atoms with E-state index in [1.54, 1.807) is 0 Å². The van der Waals surface area contributed by atoms with Crippen LogP contribution in [0.4, 0.5) is 4.79 Å². The highest BCUT2D eigenvalue weighted by atomic mass is 32.2. The van der Waals surface area contributed by atoms with Crippen LogP contribution in [0.5, 0.6) is 0 Å². The molecule has 1 aromatic carbocycles. The first-order valence-corrected chi connectivity index (χ1v) is 10.7. The fourth-order valence-corrected chi connectivity index (χ4v) is 6.04. The number of benzene rings is 1. The number of aryl methyl sites for hydroxylation is 1. The number of carbonyl (C=O) groups excluding carboxylic acids is 3. The lowest BCUT2D eigenvalue weighted by Gasteiger charge is -2.26. The molecule has 4 rings (SSSR count). The Morgan fingerprint density at radius 2 is 2.07 bits per heavy atom. The lowest BCUT2D eigenvalue weighted by Crippen LogP contribution is -2.46. The monoisotopic (exact) mass is 391 g/mol. The number of hydrogen-bond donors (Lipinski definition) is 1. The van der Waals surface area contributed by atoms with Gasteiger partial charge in [-0.25, -0.2) is 13.2 Å². The van der Waals surface area contributed by atoms with Crippen molar-refractivity contribution in [2.24, 2.45) is 0 Å². The summed E-state index contributed by atoms with van der Waals surface area (Å²) in [6.07, 6.45) is 1.53. The molecule has 2 atom stereocenters. The molecular weight excluding hydrogens is 370 g/mol. The van der Waals surface area contributed by atoms with Gasteiger partial charge in [-0.2, -0.15) is 0 Å². The van der Waals surface area contributed by atoms with Crippen LogP contribution in [0.2, 0.25) is 0 Å². The van der Waals surface area contributed by atoms with Crippen molar-refractivity contribution in [2.75, 3.05) is 25.1 Å². The van der Waals surface area contributed by atoms with Crippen molar-refractivity contribution in [3.63, 3.8) is 0 Å². The van der Waals surface area contributed by atoms with Crippen LogP contribution < -0.4 is 5.32 Å². The first kappa shape index (κ1) is 18.0. The maximum atomic E-state index is 13.1. The number of nitrogens with one attached hydrogen (secondary N) is 1. The van der Waals surface area contributed by atoms with Gasteiger partial charge in [0.2, 0.25) is 5.91 Å². The quantitative estimate of drug-likeness (QED) is 0.732. The predicted octanol–water partition coefficient (Wildman–Crippen LogP) is 0.0254. The summed E-state index contributed by atoms with van der Waals surface area (Å²) in [5, 5.41) is 2.78. The van der Waals surface area contributed by atoms with Gasteiger partial charge in [0.1, 0.15) is 12.1 Å². The van der Waals surface area contributed by atoms with Crippen molar-refractivity contribution in [3.05, 3.63) is 35.4 Å². The normalized spacial score (nSPS) is 28.5. The molecule has 1 aromatic rings. The number of fused-ring (bicyclic) bond motifs is 2. The molecule has 0 aromatic heterocycles. The van der Waals surface area contributed by atoms with Crippen LogP contribution in [0.3, 0.4) is 0 Å². The molecule has 27 heavy (non-hydrogen) atoms. The second-order valence-electron chi connectivity index (χ2n) is 7.45. The van der Waals surface area contributed by atoms with Gasteiger partial charge in [-0.3, -0.25) is 14.5 Å². The van der Waals surface area contributed by atoms with Gasteiger partial charge < -0.3 is 10.2 Å². The summed E-state index contributed by atoms with van der Waals surface area (Å²) in [6.45, 7) is -0.387. The zero-order chi connectivity index (χ0) is 19.4. The highest BCUT2D eigenvalue weighted by Crippen LogP contribution is 2.41. The van der Waals surface area contributed by atoms with E-state index < -0.39 is 39.3 Å². The Morgan fingerprint density at radius 3 is 2.78 bits per heavy atom. The fraction of sp³-hybridized carbons (Fsp3) is 0.500. The summed E-state index contributed by atoms with van der Waals surface area (Å²) in [7, 11) is -1.61. The van der Waals surface area contributed by atoms with Gasteiger partial charge >= 0.3 is 6.03 Å². The average Bonchev–Trinajstić information content (AvgIpc) is 3.26. The van der Waals surface area contributed by atoms with E-state index in [0.717, 1.165) is 16.0 Å². The molecule has 1 N–H and O–H groups in total. The van der Waals surface area contributed by atoms with Crippen molar-refractivity contribution in [1.29, 1.82) is 0 Å². The summed E-state index contributed by atoms with van der Waals surface area (Å²) in [6, 6.07) is 6.49. The Bertz CT molecular complexity index is 944. The number of likely N-dealkylation sites (N-methyl/N-ethyl adjacent to an activating group) is 1. The first-order chi connectivity index (χ1) is 12.7. The number of rotatable bonds is 3. The Balaban J connectivity index is 1.51. The fourth-order valence-electron chi connectivity index (χ4n) is 4.26. The second-order valence-corrected chi connectivity index (χ2v) is 9.67. The topological polar surface area (TPSA) is 104 Å². The molecule has 3 aliphatic rings. The molecule has 0 radical (unpaired) electrons. The molecule has 144 valence electrons. The molecule has 2 aliphatic heterocycles. The van der Waals surface area contributed by atoms with Crippen LogP contribution in [0, 0.1) is 0 Å². The summed E-state index contributed by atoms with van der Waals surface area (Å²) in [4.78, 5) is 40.4. The first-order valence-electron chi connectivity index (χ1n) is 8.92. The number of imide groups is 1. The zero-order valence-corrected chi connectivity index (χ0v) is 15.8. The van der Waals surface area contributed by atoms with E-state index in [9.17, 15) is 22.8 Å². The van der Waals surface area contributed by atoms with Crippen molar-refractivity contribution in [1.82, 2.24) is 15.1 Å². The molecule has 1 spiro atoms. The number of sulfone groups is 1. The van der Waals surface area contributed by atoms with Crippen molar-refractivity contribution < 1.29 is 22.8 Å². The van der Waals surface area contributed by atoms with E-state index in [0.29, 0.717) is 19.3 Å². The van der Waals surface area contributed by atoms with E-state index in [1.807, 2.05) is 24.3 Å². The summed E-state index contributed by atoms with van der Waals surface area (Å²) < 4.78 is 23.3. The van der Waals surface area contributed by atoms with Crippen LogP contribution in [0.15, 0.2) is 24.3 Å². The minimum atomic E-state index is -3.13. The molecule has 9 heteroatoms. The molecule has 2 fully saturated rings. The van der Waals surface area contributed by atoms with Crippen molar-refractivity contribution in [3.8, 4) is 0 Å².